The number of anilines is 1. The molecule has 1 amide bonds. The van der Waals surface area contributed by atoms with Crippen LogP contribution in [0.4, 0.5) is 5.69 Å². The van der Waals surface area contributed by atoms with Crippen molar-refractivity contribution in [2.24, 2.45) is 4.99 Å². The average molecular weight is 440 g/mol. The number of amides is 1. The quantitative estimate of drug-likeness (QED) is 0.535. The molecule has 2 aliphatic rings. The molecular weight excluding hydrogens is 410 g/mol. The van der Waals surface area contributed by atoms with E-state index in [2.05, 4.69) is 50.9 Å². The fourth-order valence-corrected chi connectivity index (χ4v) is 4.40. The fourth-order valence-electron chi connectivity index (χ4n) is 4.21. The van der Waals surface area contributed by atoms with E-state index in [-0.39, 0.29) is 5.91 Å². The van der Waals surface area contributed by atoms with Crippen molar-refractivity contribution in [2.75, 3.05) is 31.6 Å². The number of guanidine groups is 1. The summed E-state index contributed by atoms with van der Waals surface area (Å²) in [7, 11) is 1.80. The third kappa shape index (κ3) is 5.70. The molecule has 2 heterocycles. The summed E-state index contributed by atoms with van der Waals surface area (Å²) in [5.41, 5.74) is 3.52. The van der Waals surface area contributed by atoms with E-state index in [9.17, 15) is 4.79 Å². The van der Waals surface area contributed by atoms with Gasteiger partial charge in [0.15, 0.2) is 5.96 Å². The molecule has 0 bridgehead atoms. The molecule has 2 aliphatic heterocycles. The number of hydrogen-bond acceptors (Lipinski definition) is 3. The monoisotopic (exact) mass is 439 g/mol. The summed E-state index contributed by atoms with van der Waals surface area (Å²) in [6.45, 7) is 4.20. The van der Waals surface area contributed by atoms with E-state index in [1.54, 1.807) is 7.05 Å². The minimum absolute atomic E-state index is 0.265. The lowest BCUT2D eigenvalue weighted by Crippen LogP contribution is -2.44. The molecule has 1 atom stereocenters. The van der Waals surface area contributed by atoms with Crippen LogP contribution in [-0.2, 0) is 17.9 Å². The van der Waals surface area contributed by atoms with Crippen LogP contribution < -0.4 is 15.5 Å². The molecule has 0 saturated carbocycles. The fraction of sp³-hybridized carbons (Fsp3) is 0.417. The molecule has 7 heteroatoms. The third-order valence-corrected chi connectivity index (χ3v) is 6.19. The molecule has 0 radical (unpaired) electrons. The summed E-state index contributed by atoms with van der Waals surface area (Å²) in [4.78, 5) is 20.5. The number of benzene rings is 2. The average Bonchev–Trinajstić information content (AvgIpc) is 3.41. The van der Waals surface area contributed by atoms with Gasteiger partial charge in [-0.25, -0.2) is 0 Å². The zero-order chi connectivity index (χ0) is 21.6. The predicted octanol–water partition coefficient (Wildman–Crippen LogP) is 3.41. The molecule has 31 heavy (non-hydrogen) atoms. The first kappa shape index (κ1) is 21.5. The topological polar surface area (TPSA) is 60.0 Å². The Kier molecular flexibility index (Phi) is 6.97. The Morgan fingerprint density at radius 2 is 1.97 bits per heavy atom. The molecule has 2 aromatic rings. The number of carbonyl (C=O) groups excluding carboxylic acids is 1. The molecule has 4 rings (SSSR count). The van der Waals surface area contributed by atoms with Crippen molar-refractivity contribution in [1.82, 2.24) is 15.5 Å². The second kappa shape index (κ2) is 10.1. The van der Waals surface area contributed by atoms with Gasteiger partial charge in [0.05, 0.1) is 0 Å². The second-order valence-corrected chi connectivity index (χ2v) is 8.65. The Morgan fingerprint density at radius 3 is 2.68 bits per heavy atom. The number of nitrogens with zero attached hydrogens (tertiary/aromatic N) is 3. The number of rotatable bonds is 6. The second-order valence-electron chi connectivity index (χ2n) is 8.22. The van der Waals surface area contributed by atoms with E-state index in [1.807, 2.05) is 23.1 Å². The molecule has 6 nitrogen and oxygen atoms in total. The number of carbonyl (C=O) groups is 1. The van der Waals surface area contributed by atoms with E-state index in [1.165, 1.54) is 11.1 Å². The number of likely N-dealkylation sites (tertiary alicyclic amines) is 1. The van der Waals surface area contributed by atoms with Gasteiger partial charge in [-0.2, -0.15) is 0 Å². The van der Waals surface area contributed by atoms with Crippen molar-refractivity contribution < 1.29 is 4.79 Å². The van der Waals surface area contributed by atoms with Gasteiger partial charge in [0.1, 0.15) is 0 Å². The maximum Gasteiger partial charge on any atom is 0.222 e. The standard InChI is InChI=1S/C24H30ClN5O/c1-26-24(28-21-11-13-29(17-21)22-5-2-4-20(25)14-22)27-15-18-7-9-19(10-8-18)16-30-12-3-6-23(30)31/h2,4-5,7-10,14,21H,3,6,11-13,15-17H2,1H3,(H2,26,27,28). The summed E-state index contributed by atoms with van der Waals surface area (Å²) in [5, 5.41) is 7.71. The van der Waals surface area contributed by atoms with Gasteiger partial charge >= 0.3 is 0 Å². The number of aliphatic imine (C=N–C) groups is 1. The van der Waals surface area contributed by atoms with Crippen molar-refractivity contribution in [3.8, 4) is 0 Å². The summed E-state index contributed by atoms with van der Waals surface area (Å²) < 4.78 is 0. The molecule has 164 valence electrons. The molecule has 0 spiro atoms. The van der Waals surface area contributed by atoms with E-state index in [0.717, 1.165) is 49.1 Å². The van der Waals surface area contributed by atoms with E-state index >= 15 is 0 Å². The molecule has 0 aromatic heterocycles. The number of halogens is 1. The van der Waals surface area contributed by atoms with Crippen LogP contribution in [-0.4, -0.2) is 49.5 Å². The van der Waals surface area contributed by atoms with Gasteiger partial charge in [-0.1, -0.05) is 41.9 Å². The smallest absolute Gasteiger partial charge is 0.222 e. The highest BCUT2D eigenvalue weighted by Crippen LogP contribution is 2.23. The Balaban J connectivity index is 1.25. The molecule has 1 unspecified atom stereocenters. The Bertz CT molecular complexity index is 930. The number of hydrogen-bond donors (Lipinski definition) is 2. The third-order valence-electron chi connectivity index (χ3n) is 5.95. The first-order chi connectivity index (χ1) is 15.1. The highest BCUT2D eigenvalue weighted by molar-refractivity contribution is 6.30. The highest BCUT2D eigenvalue weighted by Gasteiger charge is 2.23. The minimum atomic E-state index is 0.265. The van der Waals surface area contributed by atoms with Gasteiger partial charge < -0.3 is 20.4 Å². The Morgan fingerprint density at radius 1 is 1.16 bits per heavy atom. The van der Waals surface area contributed by atoms with E-state index in [4.69, 9.17) is 11.6 Å². The SMILES string of the molecule is CN=C(NCc1ccc(CN2CCCC2=O)cc1)NC1CCN(c2cccc(Cl)c2)C1. The zero-order valence-electron chi connectivity index (χ0n) is 18.0. The first-order valence-electron chi connectivity index (χ1n) is 10.9. The minimum Gasteiger partial charge on any atom is -0.369 e. The van der Waals surface area contributed by atoms with Crippen molar-refractivity contribution in [3.63, 3.8) is 0 Å². The molecule has 2 saturated heterocycles. The zero-order valence-corrected chi connectivity index (χ0v) is 18.7. The van der Waals surface area contributed by atoms with Crippen LogP contribution in [0.25, 0.3) is 0 Å². The van der Waals surface area contributed by atoms with Crippen LogP contribution in [0.5, 0.6) is 0 Å². The highest BCUT2D eigenvalue weighted by atomic mass is 35.5. The van der Waals surface area contributed by atoms with Gasteiger partial charge in [-0.3, -0.25) is 9.79 Å². The molecule has 0 aliphatic carbocycles. The van der Waals surface area contributed by atoms with Gasteiger partial charge in [0, 0.05) is 62.9 Å². The van der Waals surface area contributed by atoms with Crippen LogP contribution in [0.1, 0.15) is 30.4 Å². The maximum atomic E-state index is 11.8. The lowest BCUT2D eigenvalue weighted by Gasteiger charge is -2.20. The van der Waals surface area contributed by atoms with Gasteiger partial charge in [-0.05, 0) is 42.2 Å². The largest absolute Gasteiger partial charge is 0.369 e. The summed E-state index contributed by atoms with van der Waals surface area (Å²) >= 11 is 6.14. The lowest BCUT2D eigenvalue weighted by atomic mass is 10.1. The normalized spacial score (nSPS) is 19.2. The van der Waals surface area contributed by atoms with Crippen molar-refractivity contribution in [1.29, 1.82) is 0 Å². The van der Waals surface area contributed by atoms with E-state index in [0.29, 0.717) is 25.6 Å². The summed E-state index contributed by atoms with van der Waals surface area (Å²) in [6.07, 6.45) is 2.72. The van der Waals surface area contributed by atoms with Crippen molar-refractivity contribution >= 4 is 29.2 Å². The molecular formula is C24H30ClN5O. The van der Waals surface area contributed by atoms with Crippen LogP contribution in [0.2, 0.25) is 5.02 Å². The van der Waals surface area contributed by atoms with Gasteiger partial charge in [-0.15, -0.1) is 0 Å². The lowest BCUT2D eigenvalue weighted by molar-refractivity contribution is -0.128. The van der Waals surface area contributed by atoms with Gasteiger partial charge in [0.2, 0.25) is 5.91 Å². The van der Waals surface area contributed by atoms with Crippen molar-refractivity contribution in [2.45, 2.75) is 38.4 Å². The molecule has 2 aromatic carbocycles. The van der Waals surface area contributed by atoms with Crippen LogP contribution in [0.15, 0.2) is 53.5 Å². The summed E-state index contributed by atoms with van der Waals surface area (Å²) in [5.74, 6) is 1.08. The molecule has 2 N–H and O–H groups in total. The van der Waals surface area contributed by atoms with Crippen molar-refractivity contribution in [3.05, 3.63) is 64.7 Å². The van der Waals surface area contributed by atoms with Crippen LogP contribution >= 0.6 is 11.6 Å². The molecule has 2 fully saturated rings. The number of nitrogens with one attached hydrogen (secondary N) is 2. The maximum absolute atomic E-state index is 11.8. The van der Waals surface area contributed by atoms with Gasteiger partial charge in [0.25, 0.3) is 0 Å². The van der Waals surface area contributed by atoms with Crippen LogP contribution in [0.3, 0.4) is 0 Å². The van der Waals surface area contributed by atoms with E-state index < -0.39 is 0 Å². The first-order valence-corrected chi connectivity index (χ1v) is 11.3. The Labute approximate surface area is 189 Å². The summed E-state index contributed by atoms with van der Waals surface area (Å²) in [6, 6.07) is 16.8. The van der Waals surface area contributed by atoms with Crippen LogP contribution in [0, 0.1) is 0 Å². The predicted molar refractivity (Wildman–Crippen MR) is 126 cm³/mol. The Hall–Kier alpha value is -2.73.